The fourth-order valence-electron chi connectivity index (χ4n) is 3.30. The van der Waals surface area contributed by atoms with E-state index >= 15 is 0 Å². The van der Waals surface area contributed by atoms with E-state index in [1.165, 1.54) is 25.9 Å². The average Bonchev–Trinajstić information content (AvgIpc) is 2.55. The number of carbonyl (C=O) groups excluding carboxylic acids is 1. The second kappa shape index (κ2) is 6.45. The van der Waals surface area contributed by atoms with Crippen LogP contribution < -0.4 is 15.4 Å². The van der Waals surface area contributed by atoms with Gasteiger partial charge >= 0.3 is 0 Å². The lowest BCUT2D eigenvalue weighted by Gasteiger charge is -2.45. The Kier molecular flexibility index (Phi) is 4.41. The van der Waals surface area contributed by atoms with Gasteiger partial charge in [0, 0.05) is 18.3 Å². The number of piperidine rings is 3. The highest BCUT2D eigenvalue weighted by Crippen LogP contribution is 2.27. The molecule has 5 heteroatoms. The van der Waals surface area contributed by atoms with Crippen molar-refractivity contribution in [2.75, 3.05) is 38.6 Å². The summed E-state index contributed by atoms with van der Waals surface area (Å²) in [5.74, 6) is 1.54. The molecule has 4 rings (SSSR count). The van der Waals surface area contributed by atoms with Crippen molar-refractivity contribution in [1.29, 1.82) is 0 Å². The molecule has 21 heavy (non-hydrogen) atoms. The van der Waals surface area contributed by atoms with Gasteiger partial charge in [0.05, 0.1) is 13.7 Å². The molecule has 5 nitrogen and oxygen atoms in total. The first kappa shape index (κ1) is 14.4. The maximum atomic E-state index is 12.0. The molecule has 0 spiro atoms. The van der Waals surface area contributed by atoms with Crippen molar-refractivity contribution in [2.45, 2.75) is 18.9 Å². The van der Waals surface area contributed by atoms with E-state index in [1.54, 1.807) is 7.11 Å². The van der Waals surface area contributed by atoms with E-state index in [1.807, 2.05) is 24.3 Å². The van der Waals surface area contributed by atoms with Gasteiger partial charge in [-0.15, -0.1) is 0 Å². The minimum absolute atomic E-state index is 0.0108. The van der Waals surface area contributed by atoms with Gasteiger partial charge in [0.15, 0.2) is 0 Å². The third-order valence-corrected chi connectivity index (χ3v) is 4.55. The standard InChI is InChI=1S/C16H23N3O2/c1-21-14-4-2-13(3-5-14)18-16(20)10-17-15-11-19-8-6-12(15)7-9-19/h2-5,12,15,17H,6-11H2,1H3,(H,18,20). The molecule has 3 aliphatic heterocycles. The number of fused-ring (bicyclic) bond motifs is 3. The van der Waals surface area contributed by atoms with Crippen molar-refractivity contribution in [2.24, 2.45) is 5.92 Å². The molecule has 1 unspecified atom stereocenters. The molecule has 2 N–H and O–H groups in total. The molecule has 2 bridgehead atoms. The van der Waals surface area contributed by atoms with Gasteiger partial charge in [-0.05, 0) is 56.1 Å². The van der Waals surface area contributed by atoms with Gasteiger partial charge in [-0.2, -0.15) is 0 Å². The highest BCUT2D eigenvalue weighted by Gasteiger charge is 2.33. The van der Waals surface area contributed by atoms with Crippen molar-refractivity contribution >= 4 is 11.6 Å². The molecule has 1 atom stereocenters. The van der Waals surface area contributed by atoms with E-state index < -0.39 is 0 Å². The second-order valence-electron chi connectivity index (χ2n) is 5.90. The Morgan fingerprint density at radius 2 is 2.00 bits per heavy atom. The maximum absolute atomic E-state index is 12.0. The Morgan fingerprint density at radius 1 is 1.29 bits per heavy atom. The number of carbonyl (C=O) groups is 1. The zero-order valence-electron chi connectivity index (χ0n) is 12.5. The molecule has 1 amide bonds. The van der Waals surface area contributed by atoms with E-state index in [9.17, 15) is 4.79 Å². The second-order valence-corrected chi connectivity index (χ2v) is 5.90. The summed E-state index contributed by atoms with van der Waals surface area (Å²) in [6.45, 7) is 3.91. The lowest BCUT2D eigenvalue weighted by molar-refractivity contribution is -0.115. The average molecular weight is 289 g/mol. The van der Waals surface area contributed by atoms with Crippen LogP contribution in [0.2, 0.25) is 0 Å². The summed E-state index contributed by atoms with van der Waals surface area (Å²) in [6, 6.07) is 7.86. The molecule has 3 saturated heterocycles. The van der Waals surface area contributed by atoms with Crippen molar-refractivity contribution < 1.29 is 9.53 Å². The number of anilines is 1. The minimum atomic E-state index is 0.0108. The van der Waals surface area contributed by atoms with Crippen LogP contribution in [-0.2, 0) is 4.79 Å². The minimum Gasteiger partial charge on any atom is -0.497 e. The Morgan fingerprint density at radius 3 is 2.57 bits per heavy atom. The quantitative estimate of drug-likeness (QED) is 0.858. The predicted octanol–water partition coefficient (Wildman–Crippen LogP) is 1.32. The van der Waals surface area contributed by atoms with Crippen molar-refractivity contribution in [3.63, 3.8) is 0 Å². The number of nitrogens with one attached hydrogen (secondary N) is 2. The Labute approximate surface area is 125 Å². The van der Waals surface area contributed by atoms with Crippen molar-refractivity contribution in [3.05, 3.63) is 24.3 Å². The zero-order valence-corrected chi connectivity index (χ0v) is 12.5. The van der Waals surface area contributed by atoms with E-state index in [-0.39, 0.29) is 5.91 Å². The SMILES string of the molecule is COc1ccc(NC(=O)CNC2CN3CCC2CC3)cc1. The van der Waals surface area contributed by atoms with Crippen LogP contribution in [0.5, 0.6) is 5.75 Å². The summed E-state index contributed by atoms with van der Waals surface area (Å²) in [7, 11) is 1.63. The fraction of sp³-hybridized carbons (Fsp3) is 0.562. The summed E-state index contributed by atoms with van der Waals surface area (Å²) in [6.07, 6.45) is 2.52. The third kappa shape index (κ3) is 3.54. The molecule has 0 radical (unpaired) electrons. The first-order valence-electron chi connectivity index (χ1n) is 7.64. The summed E-state index contributed by atoms with van der Waals surface area (Å²) < 4.78 is 5.10. The highest BCUT2D eigenvalue weighted by atomic mass is 16.5. The number of nitrogens with zero attached hydrogens (tertiary/aromatic N) is 1. The summed E-state index contributed by atoms with van der Waals surface area (Å²) >= 11 is 0. The molecule has 0 aliphatic carbocycles. The van der Waals surface area contributed by atoms with Crippen LogP contribution >= 0.6 is 0 Å². The molecule has 0 aromatic heterocycles. The topological polar surface area (TPSA) is 53.6 Å². The Bertz CT molecular complexity index is 481. The monoisotopic (exact) mass is 289 g/mol. The van der Waals surface area contributed by atoms with Crippen LogP contribution in [0.25, 0.3) is 0 Å². The molecule has 114 valence electrons. The van der Waals surface area contributed by atoms with E-state index in [4.69, 9.17) is 4.74 Å². The van der Waals surface area contributed by atoms with Crippen LogP contribution in [0.4, 0.5) is 5.69 Å². The molecular weight excluding hydrogens is 266 g/mol. The molecule has 1 aromatic carbocycles. The predicted molar refractivity (Wildman–Crippen MR) is 82.6 cm³/mol. The molecular formula is C16H23N3O2. The number of ether oxygens (including phenoxy) is 1. The van der Waals surface area contributed by atoms with Crippen LogP contribution in [0.15, 0.2) is 24.3 Å². The van der Waals surface area contributed by atoms with Gasteiger partial charge in [-0.3, -0.25) is 4.79 Å². The number of hydrogen-bond acceptors (Lipinski definition) is 4. The normalized spacial score (nSPS) is 27.4. The Balaban J connectivity index is 1.45. The smallest absolute Gasteiger partial charge is 0.238 e. The summed E-state index contributed by atoms with van der Waals surface area (Å²) in [5.41, 5.74) is 0.802. The molecule has 1 aromatic rings. The third-order valence-electron chi connectivity index (χ3n) is 4.55. The number of methoxy groups -OCH3 is 1. The first-order valence-corrected chi connectivity index (χ1v) is 7.64. The maximum Gasteiger partial charge on any atom is 0.238 e. The van der Waals surface area contributed by atoms with E-state index in [0.717, 1.165) is 23.9 Å². The highest BCUT2D eigenvalue weighted by molar-refractivity contribution is 5.92. The van der Waals surface area contributed by atoms with Crippen molar-refractivity contribution in [3.8, 4) is 5.75 Å². The molecule has 3 fully saturated rings. The Hall–Kier alpha value is -1.59. The van der Waals surface area contributed by atoms with Crippen LogP contribution in [0, 0.1) is 5.92 Å². The fourth-order valence-corrected chi connectivity index (χ4v) is 3.30. The number of hydrogen-bond donors (Lipinski definition) is 2. The van der Waals surface area contributed by atoms with Gasteiger partial charge in [-0.25, -0.2) is 0 Å². The van der Waals surface area contributed by atoms with Gasteiger partial charge in [-0.1, -0.05) is 0 Å². The lowest BCUT2D eigenvalue weighted by atomic mass is 9.84. The van der Waals surface area contributed by atoms with Crippen LogP contribution in [0.1, 0.15) is 12.8 Å². The van der Waals surface area contributed by atoms with Crippen LogP contribution in [0.3, 0.4) is 0 Å². The van der Waals surface area contributed by atoms with Gasteiger partial charge in [0.2, 0.25) is 5.91 Å². The largest absolute Gasteiger partial charge is 0.497 e. The van der Waals surface area contributed by atoms with Crippen LogP contribution in [-0.4, -0.2) is 50.1 Å². The lowest BCUT2D eigenvalue weighted by Crippen LogP contribution is -2.57. The van der Waals surface area contributed by atoms with E-state index in [0.29, 0.717) is 12.6 Å². The van der Waals surface area contributed by atoms with Gasteiger partial charge < -0.3 is 20.3 Å². The first-order chi connectivity index (χ1) is 10.2. The summed E-state index contributed by atoms with van der Waals surface area (Å²) in [5, 5.41) is 6.32. The van der Waals surface area contributed by atoms with Gasteiger partial charge in [0.1, 0.15) is 5.75 Å². The number of rotatable bonds is 5. The molecule has 0 saturated carbocycles. The summed E-state index contributed by atoms with van der Waals surface area (Å²) in [4.78, 5) is 14.5. The van der Waals surface area contributed by atoms with Gasteiger partial charge in [0.25, 0.3) is 0 Å². The van der Waals surface area contributed by atoms with E-state index in [2.05, 4.69) is 15.5 Å². The van der Waals surface area contributed by atoms with Crippen molar-refractivity contribution in [1.82, 2.24) is 10.2 Å². The number of amides is 1. The molecule has 3 heterocycles. The zero-order chi connectivity index (χ0) is 14.7. The molecule has 3 aliphatic rings. The number of benzene rings is 1.